The Morgan fingerprint density at radius 3 is 2.16 bits per heavy atom. The lowest BCUT2D eigenvalue weighted by Crippen LogP contribution is -2.16. The number of hydrogen-bond acceptors (Lipinski definition) is 11. The van der Waals surface area contributed by atoms with Gasteiger partial charge in [0.1, 0.15) is 34.2 Å². The van der Waals surface area contributed by atoms with E-state index in [0.29, 0.717) is 33.2 Å². The largest absolute Gasteiger partial charge is 0.508 e. The smallest absolute Gasteiger partial charge is 0.408 e. The summed E-state index contributed by atoms with van der Waals surface area (Å²) in [6.07, 6.45) is -0.237. The van der Waals surface area contributed by atoms with Crippen LogP contribution in [-0.2, 0) is 15.8 Å². The van der Waals surface area contributed by atoms with Gasteiger partial charge in [0.25, 0.3) is 5.91 Å². The summed E-state index contributed by atoms with van der Waals surface area (Å²) in [5.41, 5.74) is 0.829. The van der Waals surface area contributed by atoms with Gasteiger partial charge in [0.15, 0.2) is 5.43 Å². The molecule has 0 saturated carbocycles. The Bertz CT molecular complexity index is 3240. The summed E-state index contributed by atoms with van der Waals surface area (Å²) >= 11 is 6.01. The number of carbonyl (C=O) groups is 3. The van der Waals surface area contributed by atoms with Crippen molar-refractivity contribution in [3.63, 3.8) is 0 Å². The number of aromatic carboxylic acids is 1. The Balaban J connectivity index is 0.963. The number of rotatable bonds is 10. The van der Waals surface area contributed by atoms with Gasteiger partial charge in [0.2, 0.25) is 5.91 Å². The average molecular weight is 859 g/mol. The van der Waals surface area contributed by atoms with E-state index in [1.165, 1.54) is 115 Å². The van der Waals surface area contributed by atoms with Gasteiger partial charge >= 0.3 is 19.2 Å². The number of phenolic OH excluding ortho intramolecular Hbond substituents is 2. The molecule has 61 heavy (non-hydrogen) atoms. The molecule has 15 nitrogen and oxygen atoms in total. The number of hydrogen-bond donors (Lipinski definition) is 6. The highest BCUT2D eigenvalue weighted by atomic mass is 35.5. The third-order valence-corrected chi connectivity index (χ3v) is 11.2. The first-order valence-corrected chi connectivity index (χ1v) is 19.9. The molecule has 0 fully saturated rings. The maximum Gasteiger partial charge on any atom is 0.408 e. The first kappa shape index (κ1) is 40.1. The van der Waals surface area contributed by atoms with Crippen molar-refractivity contribution in [3.8, 4) is 39.7 Å². The number of carboxylic acids is 1. The topological polar surface area (TPSA) is 243 Å². The summed E-state index contributed by atoms with van der Waals surface area (Å²) in [6, 6.07) is 27.0. The fourth-order valence-corrected chi connectivity index (χ4v) is 7.92. The zero-order chi connectivity index (χ0) is 43.2. The highest BCUT2D eigenvalue weighted by Gasteiger charge is 2.26. The Hall–Kier alpha value is -7.71. The minimum atomic E-state index is -4.47. The van der Waals surface area contributed by atoms with Crippen LogP contribution in [0.25, 0.3) is 44.4 Å². The molecule has 0 saturated heterocycles. The van der Waals surface area contributed by atoms with E-state index in [9.17, 15) is 48.8 Å². The van der Waals surface area contributed by atoms with Gasteiger partial charge in [-0.05, 0) is 108 Å². The van der Waals surface area contributed by atoms with Crippen LogP contribution in [0.1, 0.15) is 26.3 Å². The summed E-state index contributed by atoms with van der Waals surface area (Å²) in [7, 11) is -4.47. The SMILES string of the molecule is O=C(Cc1cc(=O)oc2cc(O)c(Cl)cc12)Nc1ccc(OP(=O)(O)c2ccc(NC(=O)c3ccc(C(=O)O)c(-c4c5ccc(=O)cc-5oc5cc(O)ccc45)c3)cc2)cc1. The van der Waals surface area contributed by atoms with E-state index in [1.807, 2.05) is 0 Å². The predicted octanol–water partition coefficient (Wildman–Crippen LogP) is 7.76. The summed E-state index contributed by atoms with van der Waals surface area (Å²) in [4.78, 5) is 73.9. The van der Waals surface area contributed by atoms with Crippen LogP contribution in [0.4, 0.5) is 11.4 Å². The average Bonchev–Trinajstić information content (AvgIpc) is 3.21. The highest BCUT2D eigenvalue weighted by Crippen LogP contribution is 2.44. The van der Waals surface area contributed by atoms with E-state index in [1.54, 1.807) is 0 Å². The van der Waals surface area contributed by atoms with Crippen molar-refractivity contribution in [1.29, 1.82) is 0 Å². The number of benzene rings is 6. The van der Waals surface area contributed by atoms with Crippen LogP contribution in [0.3, 0.4) is 0 Å². The number of carbonyl (C=O) groups excluding carboxylic acids is 2. The van der Waals surface area contributed by atoms with Crippen LogP contribution >= 0.6 is 19.2 Å². The van der Waals surface area contributed by atoms with Crippen molar-refractivity contribution in [2.24, 2.45) is 0 Å². The van der Waals surface area contributed by atoms with Gasteiger partial charge in [-0.2, -0.15) is 0 Å². The fraction of sp³-hybridized carbons (Fsp3) is 0.0227. The molecule has 2 heterocycles. The summed E-state index contributed by atoms with van der Waals surface area (Å²) in [6.45, 7) is 0. The van der Waals surface area contributed by atoms with Crippen LogP contribution in [0.15, 0.2) is 140 Å². The maximum atomic E-state index is 13.6. The molecular formula is C44H28ClN2O13P. The van der Waals surface area contributed by atoms with Crippen molar-refractivity contribution in [1.82, 2.24) is 0 Å². The Kier molecular flexibility index (Phi) is 10.4. The molecule has 0 bridgehead atoms. The molecule has 1 unspecified atom stereocenters. The minimum absolute atomic E-state index is 0.000786. The lowest BCUT2D eigenvalue weighted by molar-refractivity contribution is -0.115. The maximum absolute atomic E-state index is 13.6. The van der Waals surface area contributed by atoms with Crippen molar-refractivity contribution in [2.45, 2.75) is 6.42 Å². The van der Waals surface area contributed by atoms with E-state index >= 15 is 0 Å². The van der Waals surface area contributed by atoms with Crippen molar-refractivity contribution in [3.05, 3.63) is 164 Å². The number of amides is 2. The van der Waals surface area contributed by atoms with E-state index in [-0.39, 0.29) is 78.7 Å². The Morgan fingerprint density at radius 1 is 0.721 bits per heavy atom. The molecular weight excluding hydrogens is 831 g/mol. The number of phenols is 2. The first-order chi connectivity index (χ1) is 29.1. The van der Waals surface area contributed by atoms with Gasteiger partial charge in [-0.1, -0.05) is 11.6 Å². The fourth-order valence-electron chi connectivity index (χ4n) is 6.72. The summed E-state index contributed by atoms with van der Waals surface area (Å²) in [5.74, 6) is -2.68. The van der Waals surface area contributed by atoms with Crippen LogP contribution in [0.5, 0.6) is 17.2 Å². The minimum Gasteiger partial charge on any atom is -0.508 e. The third-order valence-electron chi connectivity index (χ3n) is 9.53. The second-order valence-electron chi connectivity index (χ2n) is 13.6. The van der Waals surface area contributed by atoms with Crippen molar-refractivity contribution in [2.75, 3.05) is 10.6 Å². The molecule has 1 aromatic heterocycles. The molecule has 0 radical (unpaired) electrons. The highest BCUT2D eigenvalue weighted by molar-refractivity contribution is 7.61. The van der Waals surface area contributed by atoms with Crippen LogP contribution in [-0.4, -0.2) is 38.0 Å². The zero-order valence-corrected chi connectivity index (χ0v) is 32.7. The van der Waals surface area contributed by atoms with Crippen LogP contribution in [0.2, 0.25) is 5.02 Å². The third kappa shape index (κ3) is 8.29. The Labute approximate surface area is 347 Å². The molecule has 1 aliphatic carbocycles. The number of fused-ring (bicyclic) bond motifs is 3. The van der Waals surface area contributed by atoms with Gasteiger partial charge in [0.05, 0.1) is 22.3 Å². The van der Waals surface area contributed by atoms with Gasteiger partial charge in [-0.25, -0.2) is 14.2 Å². The molecule has 304 valence electrons. The van der Waals surface area contributed by atoms with Gasteiger partial charge in [-0.3, -0.25) is 14.4 Å². The van der Waals surface area contributed by atoms with E-state index in [4.69, 9.17) is 25.0 Å². The van der Waals surface area contributed by atoms with Crippen LogP contribution in [0, 0.1) is 0 Å². The van der Waals surface area contributed by atoms with E-state index in [2.05, 4.69) is 10.6 Å². The number of aromatic hydroxyl groups is 2. The molecule has 17 heteroatoms. The molecule has 0 spiro atoms. The second kappa shape index (κ2) is 15.8. The number of nitrogens with one attached hydrogen (secondary N) is 2. The summed E-state index contributed by atoms with van der Waals surface area (Å²) < 4.78 is 29.7. The monoisotopic (exact) mass is 858 g/mol. The molecule has 6 N–H and O–H groups in total. The number of carboxylic acid groups (broad SMARTS) is 1. The van der Waals surface area contributed by atoms with Gasteiger partial charge in [0, 0.05) is 63.1 Å². The molecule has 5 aromatic carbocycles. The lowest BCUT2D eigenvalue weighted by Gasteiger charge is -2.17. The Morgan fingerprint density at radius 2 is 1.43 bits per heavy atom. The van der Waals surface area contributed by atoms with Crippen molar-refractivity contribution < 1.29 is 52.5 Å². The molecule has 8 rings (SSSR count). The van der Waals surface area contributed by atoms with E-state index in [0.717, 1.165) is 6.07 Å². The van der Waals surface area contributed by atoms with Crippen LogP contribution < -0.4 is 31.5 Å². The first-order valence-electron chi connectivity index (χ1n) is 18.0. The summed E-state index contributed by atoms with van der Waals surface area (Å²) in [5, 5.41) is 36.2. The predicted molar refractivity (Wildman–Crippen MR) is 226 cm³/mol. The number of halogens is 1. The molecule has 6 aromatic rings. The standard InChI is InChI=1S/C44H28ClN2O13P/c45-35-20-33-23(17-41(52)59-39(33)21-36(35)50)16-40(51)46-24-2-8-28(9-3-24)60-61(56,57)29-10-4-25(5-11-29)47-43(53)22-1-12-30(44(54)55)34(15-22)42-31-13-6-26(48)18-37(31)58-38-19-27(49)7-14-32(38)42/h1-15,17-21,48,50H,16H2,(H,46,51)(H,47,53)(H,54,55)(H,56,57). The molecule has 1 aliphatic heterocycles. The quantitative estimate of drug-likeness (QED) is 0.0438. The molecule has 1 atom stereocenters. The van der Waals surface area contributed by atoms with E-state index < -0.39 is 31.0 Å². The van der Waals surface area contributed by atoms with Crippen molar-refractivity contribution >= 4 is 75.6 Å². The second-order valence-corrected chi connectivity index (χ2v) is 15.8. The lowest BCUT2D eigenvalue weighted by atomic mass is 9.89. The molecule has 2 amide bonds. The molecule has 2 aliphatic rings. The normalized spacial score (nSPS) is 12.2. The van der Waals surface area contributed by atoms with Gasteiger partial charge in [-0.15, -0.1) is 0 Å². The zero-order valence-electron chi connectivity index (χ0n) is 31.0. The van der Waals surface area contributed by atoms with Gasteiger partial charge < -0.3 is 44.2 Å². The number of anilines is 2.